The number of rotatable bonds is 3. The maximum atomic E-state index is 5.83. The zero-order chi connectivity index (χ0) is 12.4. The Kier molecular flexibility index (Phi) is 3.29. The molecule has 0 saturated carbocycles. The van der Waals surface area contributed by atoms with E-state index in [1.165, 1.54) is 16.7 Å². The molecule has 0 aliphatic rings. The molecule has 0 aliphatic heterocycles. The largest absolute Gasteiger partial charge is 0.324 e. The third-order valence-electron chi connectivity index (χ3n) is 3.14. The van der Waals surface area contributed by atoms with Crippen molar-refractivity contribution in [3.63, 3.8) is 0 Å². The Balaban J connectivity index is 2.25. The fourth-order valence-corrected chi connectivity index (χ4v) is 1.96. The molecule has 0 radical (unpaired) electrons. The van der Waals surface area contributed by atoms with Crippen LogP contribution in [0.4, 0.5) is 0 Å². The van der Waals surface area contributed by atoms with Gasteiger partial charge in [0.05, 0.1) is 12.7 Å². The standard InChI is InChI=1S/C14H19N3/c1-10-5-4-6-11(2)14(10)9-17-8-13(7-16-17)12(3)15/h4-8,12H,9,15H2,1-3H3/t12-/m1/s1. The minimum Gasteiger partial charge on any atom is -0.324 e. The van der Waals surface area contributed by atoms with E-state index in [0.29, 0.717) is 0 Å². The van der Waals surface area contributed by atoms with Gasteiger partial charge in [0.2, 0.25) is 0 Å². The maximum absolute atomic E-state index is 5.83. The van der Waals surface area contributed by atoms with Crippen molar-refractivity contribution in [1.29, 1.82) is 0 Å². The highest BCUT2D eigenvalue weighted by molar-refractivity contribution is 5.33. The van der Waals surface area contributed by atoms with Crippen LogP contribution in [0.5, 0.6) is 0 Å². The Bertz CT molecular complexity index is 492. The number of aryl methyl sites for hydroxylation is 2. The Labute approximate surface area is 102 Å². The van der Waals surface area contributed by atoms with Crippen LogP contribution in [0.15, 0.2) is 30.6 Å². The van der Waals surface area contributed by atoms with Gasteiger partial charge in [-0.1, -0.05) is 18.2 Å². The smallest absolute Gasteiger partial charge is 0.0664 e. The SMILES string of the molecule is Cc1cccc(C)c1Cn1cc([C@@H](C)N)cn1. The molecule has 17 heavy (non-hydrogen) atoms. The van der Waals surface area contributed by atoms with Crippen LogP contribution in [0, 0.1) is 13.8 Å². The van der Waals surface area contributed by atoms with Crippen molar-refractivity contribution >= 4 is 0 Å². The van der Waals surface area contributed by atoms with Crippen molar-refractivity contribution in [1.82, 2.24) is 9.78 Å². The second-order valence-corrected chi connectivity index (χ2v) is 4.63. The van der Waals surface area contributed by atoms with Gasteiger partial charge in [0.1, 0.15) is 0 Å². The summed E-state index contributed by atoms with van der Waals surface area (Å²) in [5.74, 6) is 0. The molecule has 0 spiro atoms. The summed E-state index contributed by atoms with van der Waals surface area (Å²) in [7, 11) is 0. The van der Waals surface area contributed by atoms with Gasteiger partial charge in [-0.15, -0.1) is 0 Å². The third kappa shape index (κ3) is 2.56. The summed E-state index contributed by atoms with van der Waals surface area (Å²) in [6.07, 6.45) is 3.87. The Hall–Kier alpha value is -1.61. The van der Waals surface area contributed by atoms with E-state index >= 15 is 0 Å². The van der Waals surface area contributed by atoms with Gasteiger partial charge >= 0.3 is 0 Å². The second kappa shape index (κ2) is 4.72. The number of nitrogens with two attached hydrogens (primary N) is 1. The molecule has 0 aliphatic carbocycles. The van der Waals surface area contributed by atoms with Crippen LogP contribution in [-0.4, -0.2) is 9.78 Å². The summed E-state index contributed by atoms with van der Waals surface area (Å²) in [6.45, 7) is 7.06. The molecule has 0 amide bonds. The van der Waals surface area contributed by atoms with Gasteiger partial charge in [0.25, 0.3) is 0 Å². The molecule has 2 aromatic rings. The highest BCUT2D eigenvalue weighted by atomic mass is 15.3. The Morgan fingerprint density at radius 3 is 2.47 bits per heavy atom. The summed E-state index contributed by atoms with van der Waals surface area (Å²) in [5.41, 5.74) is 10.9. The van der Waals surface area contributed by atoms with E-state index in [1.54, 1.807) is 0 Å². The normalized spacial score (nSPS) is 12.7. The zero-order valence-corrected chi connectivity index (χ0v) is 10.6. The third-order valence-corrected chi connectivity index (χ3v) is 3.14. The van der Waals surface area contributed by atoms with E-state index in [1.807, 2.05) is 24.0 Å². The van der Waals surface area contributed by atoms with Crippen molar-refractivity contribution < 1.29 is 0 Å². The number of nitrogens with zero attached hydrogens (tertiary/aromatic N) is 2. The number of aromatic nitrogens is 2. The summed E-state index contributed by atoms with van der Waals surface area (Å²) < 4.78 is 1.95. The molecule has 0 bridgehead atoms. The van der Waals surface area contributed by atoms with Crippen molar-refractivity contribution in [3.05, 3.63) is 52.8 Å². The summed E-state index contributed by atoms with van der Waals surface area (Å²) in [4.78, 5) is 0. The first-order valence-corrected chi connectivity index (χ1v) is 5.91. The summed E-state index contributed by atoms with van der Waals surface area (Å²) in [5, 5.41) is 4.35. The lowest BCUT2D eigenvalue weighted by Gasteiger charge is -2.09. The minimum atomic E-state index is 0.0433. The Morgan fingerprint density at radius 1 is 1.29 bits per heavy atom. The van der Waals surface area contributed by atoms with Gasteiger partial charge in [-0.25, -0.2) is 0 Å². The van der Waals surface area contributed by atoms with Gasteiger partial charge < -0.3 is 5.73 Å². The van der Waals surface area contributed by atoms with Crippen LogP contribution in [-0.2, 0) is 6.54 Å². The van der Waals surface area contributed by atoms with E-state index in [2.05, 4.69) is 37.1 Å². The van der Waals surface area contributed by atoms with Crippen LogP contribution in [0.2, 0.25) is 0 Å². The highest BCUT2D eigenvalue weighted by Crippen LogP contribution is 2.15. The molecular weight excluding hydrogens is 210 g/mol. The van der Waals surface area contributed by atoms with Crippen molar-refractivity contribution in [2.75, 3.05) is 0 Å². The van der Waals surface area contributed by atoms with Gasteiger partial charge in [-0.05, 0) is 37.5 Å². The van der Waals surface area contributed by atoms with Crippen molar-refractivity contribution in [2.45, 2.75) is 33.4 Å². The zero-order valence-electron chi connectivity index (χ0n) is 10.6. The molecule has 1 aromatic carbocycles. The molecule has 1 atom stereocenters. The topological polar surface area (TPSA) is 43.8 Å². The number of hydrogen-bond donors (Lipinski definition) is 1. The van der Waals surface area contributed by atoms with Crippen LogP contribution >= 0.6 is 0 Å². The van der Waals surface area contributed by atoms with Crippen molar-refractivity contribution in [2.24, 2.45) is 5.73 Å². The molecule has 0 fully saturated rings. The van der Waals surface area contributed by atoms with E-state index in [9.17, 15) is 0 Å². The highest BCUT2D eigenvalue weighted by Gasteiger charge is 2.06. The van der Waals surface area contributed by atoms with E-state index in [4.69, 9.17) is 5.73 Å². The molecule has 0 saturated heterocycles. The first-order valence-electron chi connectivity index (χ1n) is 5.91. The second-order valence-electron chi connectivity index (χ2n) is 4.63. The lowest BCUT2D eigenvalue weighted by atomic mass is 10.0. The molecule has 1 heterocycles. The Morgan fingerprint density at radius 2 is 1.94 bits per heavy atom. The van der Waals surface area contributed by atoms with Crippen LogP contribution in [0.1, 0.15) is 35.2 Å². The lowest BCUT2D eigenvalue weighted by molar-refractivity contribution is 0.679. The molecule has 2 rings (SSSR count). The van der Waals surface area contributed by atoms with Gasteiger partial charge in [0.15, 0.2) is 0 Å². The first-order chi connectivity index (χ1) is 8.08. The first kappa shape index (κ1) is 11.9. The van der Waals surface area contributed by atoms with E-state index in [0.717, 1.165) is 12.1 Å². The molecule has 3 nitrogen and oxygen atoms in total. The molecule has 3 heteroatoms. The molecule has 2 N–H and O–H groups in total. The fourth-order valence-electron chi connectivity index (χ4n) is 1.96. The lowest BCUT2D eigenvalue weighted by Crippen LogP contribution is -2.05. The van der Waals surface area contributed by atoms with Crippen LogP contribution in [0.3, 0.4) is 0 Å². The van der Waals surface area contributed by atoms with Gasteiger partial charge in [-0.3, -0.25) is 4.68 Å². The van der Waals surface area contributed by atoms with E-state index < -0.39 is 0 Å². The summed E-state index contributed by atoms with van der Waals surface area (Å²) >= 11 is 0. The monoisotopic (exact) mass is 229 g/mol. The average Bonchev–Trinajstić information content (AvgIpc) is 2.72. The molecule has 0 unspecified atom stereocenters. The maximum Gasteiger partial charge on any atom is 0.0664 e. The predicted octanol–water partition coefficient (Wildman–Crippen LogP) is 2.57. The quantitative estimate of drug-likeness (QED) is 0.879. The van der Waals surface area contributed by atoms with Crippen molar-refractivity contribution in [3.8, 4) is 0 Å². The van der Waals surface area contributed by atoms with Gasteiger partial charge in [0, 0.05) is 17.8 Å². The van der Waals surface area contributed by atoms with Crippen LogP contribution in [0.25, 0.3) is 0 Å². The van der Waals surface area contributed by atoms with Crippen LogP contribution < -0.4 is 5.73 Å². The number of benzene rings is 1. The predicted molar refractivity (Wildman–Crippen MR) is 69.8 cm³/mol. The molecule has 1 aromatic heterocycles. The molecular formula is C14H19N3. The number of hydrogen-bond acceptors (Lipinski definition) is 2. The average molecular weight is 229 g/mol. The summed E-state index contributed by atoms with van der Waals surface area (Å²) in [6, 6.07) is 6.41. The van der Waals surface area contributed by atoms with E-state index in [-0.39, 0.29) is 6.04 Å². The van der Waals surface area contributed by atoms with Gasteiger partial charge in [-0.2, -0.15) is 5.10 Å². The molecule has 90 valence electrons. The fraction of sp³-hybridized carbons (Fsp3) is 0.357. The minimum absolute atomic E-state index is 0.0433.